The number of amides is 2. The fourth-order valence-corrected chi connectivity index (χ4v) is 4.93. The highest BCUT2D eigenvalue weighted by Gasteiger charge is 2.35. The van der Waals surface area contributed by atoms with Crippen molar-refractivity contribution in [2.45, 2.75) is 44.2 Å². The number of benzene rings is 2. The van der Waals surface area contributed by atoms with Gasteiger partial charge in [0.2, 0.25) is 0 Å². The zero-order valence-corrected chi connectivity index (χ0v) is 17.8. The lowest BCUT2D eigenvalue weighted by Gasteiger charge is -2.18. The van der Waals surface area contributed by atoms with Crippen LogP contribution in [0, 0.1) is 5.82 Å². The fourth-order valence-electron chi connectivity index (χ4n) is 3.84. The average molecular weight is 463 g/mol. The molecule has 1 heterocycles. The van der Waals surface area contributed by atoms with E-state index in [1.54, 1.807) is 35.6 Å². The van der Waals surface area contributed by atoms with Gasteiger partial charge in [0, 0.05) is 17.8 Å². The Balaban J connectivity index is 1.43. The van der Waals surface area contributed by atoms with E-state index in [-0.39, 0.29) is 0 Å². The van der Waals surface area contributed by atoms with Crippen LogP contribution in [0.1, 0.15) is 48.6 Å². The molecule has 0 unspecified atom stereocenters. The van der Waals surface area contributed by atoms with Gasteiger partial charge >= 0.3 is 12.2 Å². The van der Waals surface area contributed by atoms with Crippen LogP contribution in [-0.4, -0.2) is 11.0 Å². The monoisotopic (exact) mass is 463 g/mol. The van der Waals surface area contributed by atoms with E-state index >= 15 is 0 Å². The van der Waals surface area contributed by atoms with E-state index in [1.807, 2.05) is 11.5 Å². The number of nitrogens with zero attached hydrogens (tertiary/aromatic N) is 1. The third-order valence-corrected chi connectivity index (χ3v) is 6.67. The van der Waals surface area contributed by atoms with Gasteiger partial charge in [-0.3, -0.25) is 0 Å². The van der Waals surface area contributed by atoms with E-state index in [2.05, 4.69) is 10.3 Å². The molecule has 0 spiro atoms. The molecule has 2 N–H and O–H groups in total. The summed E-state index contributed by atoms with van der Waals surface area (Å²) in [5, 5.41) is 5.55. The molecule has 4 nitrogen and oxygen atoms in total. The molecule has 1 aliphatic rings. The maximum atomic E-state index is 13.9. The summed E-state index contributed by atoms with van der Waals surface area (Å²) in [5.41, 5.74) is -0.854. The molecule has 0 aliphatic heterocycles. The van der Waals surface area contributed by atoms with Crippen LogP contribution in [0.2, 0.25) is 0 Å². The van der Waals surface area contributed by atoms with Crippen LogP contribution >= 0.6 is 11.3 Å². The maximum absolute atomic E-state index is 13.9. The summed E-state index contributed by atoms with van der Waals surface area (Å²) >= 11 is 1.66. The van der Waals surface area contributed by atoms with E-state index in [1.165, 1.54) is 32.1 Å². The van der Waals surface area contributed by atoms with Crippen molar-refractivity contribution < 1.29 is 22.4 Å². The number of rotatable bonds is 4. The first-order chi connectivity index (χ1) is 15.3. The number of para-hydroxylation sites is 1. The molecule has 0 radical (unpaired) electrons. The van der Waals surface area contributed by atoms with E-state index in [0.717, 1.165) is 27.6 Å². The number of hydrogen-bond donors (Lipinski definition) is 2. The number of hydrogen-bond acceptors (Lipinski definition) is 3. The van der Waals surface area contributed by atoms with Crippen LogP contribution in [0.15, 0.2) is 48.7 Å². The van der Waals surface area contributed by atoms with Gasteiger partial charge in [0.05, 0.1) is 21.1 Å². The van der Waals surface area contributed by atoms with Crippen molar-refractivity contribution in [2.24, 2.45) is 0 Å². The molecule has 3 aromatic rings. The highest BCUT2D eigenvalue weighted by Crippen LogP contribution is 2.38. The third kappa shape index (κ3) is 5.09. The molecule has 9 heteroatoms. The Morgan fingerprint density at radius 3 is 2.41 bits per heavy atom. The molecule has 4 rings (SSSR count). The number of halogens is 4. The van der Waals surface area contributed by atoms with Gasteiger partial charge in [-0.15, -0.1) is 11.3 Å². The molecule has 2 aromatic carbocycles. The van der Waals surface area contributed by atoms with E-state index in [0.29, 0.717) is 17.7 Å². The minimum Gasteiger partial charge on any atom is -0.308 e. The third-order valence-electron chi connectivity index (χ3n) is 5.46. The van der Waals surface area contributed by atoms with Crippen molar-refractivity contribution in [3.8, 4) is 10.4 Å². The van der Waals surface area contributed by atoms with Crippen molar-refractivity contribution in [1.29, 1.82) is 0 Å². The topological polar surface area (TPSA) is 54.0 Å². The number of carbonyl (C=O) groups is 1. The molecule has 0 saturated heterocycles. The predicted molar refractivity (Wildman–Crippen MR) is 117 cm³/mol. The summed E-state index contributed by atoms with van der Waals surface area (Å²) in [6, 6.07) is 8.43. The minimum absolute atomic E-state index is 0.369. The highest BCUT2D eigenvalue weighted by molar-refractivity contribution is 7.15. The largest absolute Gasteiger partial charge is 0.418 e. The van der Waals surface area contributed by atoms with Crippen LogP contribution in [-0.2, 0) is 6.18 Å². The maximum Gasteiger partial charge on any atom is 0.418 e. The van der Waals surface area contributed by atoms with Crippen LogP contribution in [0.25, 0.3) is 10.4 Å². The summed E-state index contributed by atoms with van der Waals surface area (Å²) in [5.74, 6) is -0.642. The van der Waals surface area contributed by atoms with Gasteiger partial charge in [-0.2, -0.15) is 13.2 Å². The second kappa shape index (κ2) is 9.28. The van der Waals surface area contributed by atoms with Crippen molar-refractivity contribution in [3.05, 3.63) is 65.0 Å². The zero-order valence-electron chi connectivity index (χ0n) is 17.0. The number of alkyl halides is 3. The van der Waals surface area contributed by atoms with E-state index < -0.39 is 29.3 Å². The van der Waals surface area contributed by atoms with Crippen molar-refractivity contribution in [2.75, 3.05) is 10.6 Å². The van der Waals surface area contributed by atoms with E-state index in [4.69, 9.17) is 0 Å². The number of aromatic nitrogens is 1. The Bertz CT molecular complexity index is 1090. The summed E-state index contributed by atoms with van der Waals surface area (Å²) in [6.07, 6.45) is 3.15. The summed E-state index contributed by atoms with van der Waals surface area (Å²) < 4.78 is 53.2. The molecule has 1 fully saturated rings. The van der Waals surface area contributed by atoms with Gasteiger partial charge in [0.1, 0.15) is 5.82 Å². The minimum atomic E-state index is -4.79. The fraction of sp³-hybridized carbons (Fsp3) is 0.304. The zero-order chi connectivity index (χ0) is 22.7. The molecule has 0 atom stereocenters. The standard InChI is InChI=1S/C23H21F4N3OS/c24-18-8-4-7-17(23(25,26)27)20(18)30-22(31)29-16-11-9-14(10-12-16)19-13-28-21(32-19)15-5-2-1-3-6-15/h4,7-13,15H,1-3,5-6H2,(H2,29,30,31). The average Bonchev–Trinajstić information content (AvgIpc) is 3.26. The molecule has 32 heavy (non-hydrogen) atoms. The van der Waals surface area contributed by atoms with Crippen LogP contribution in [0.4, 0.5) is 33.7 Å². The summed E-state index contributed by atoms with van der Waals surface area (Å²) in [6.45, 7) is 0. The summed E-state index contributed by atoms with van der Waals surface area (Å²) in [4.78, 5) is 17.8. The lowest BCUT2D eigenvalue weighted by atomic mass is 9.90. The highest BCUT2D eigenvalue weighted by atomic mass is 32.1. The number of anilines is 2. The van der Waals surface area contributed by atoms with Crippen molar-refractivity contribution >= 4 is 28.7 Å². The summed E-state index contributed by atoms with van der Waals surface area (Å²) in [7, 11) is 0. The Labute approximate surface area is 186 Å². The Morgan fingerprint density at radius 1 is 1.00 bits per heavy atom. The van der Waals surface area contributed by atoms with Gasteiger partial charge in [-0.05, 0) is 42.7 Å². The molecule has 1 saturated carbocycles. The Morgan fingerprint density at radius 2 is 1.72 bits per heavy atom. The van der Waals surface area contributed by atoms with Crippen LogP contribution in [0.3, 0.4) is 0 Å². The van der Waals surface area contributed by atoms with Crippen molar-refractivity contribution in [1.82, 2.24) is 4.98 Å². The van der Waals surface area contributed by atoms with Crippen molar-refractivity contribution in [3.63, 3.8) is 0 Å². The lowest BCUT2D eigenvalue weighted by Crippen LogP contribution is -2.22. The molecule has 0 bridgehead atoms. The van der Waals surface area contributed by atoms with Crippen LogP contribution in [0.5, 0.6) is 0 Å². The molecule has 2 amide bonds. The number of carbonyl (C=O) groups excluding carboxylic acids is 1. The molecular weight excluding hydrogens is 442 g/mol. The molecular formula is C23H21F4N3OS. The molecule has 168 valence electrons. The lowest BCUT2D eigenvalue weighted by molar-refractivity contribution is -0.137. The van der Waals surface area contributed by atoms with Gasteiger partial charge in [-0.25, -0.2) is 14.2 Å². The second-order valence-corrected chi connectivity index (χ2v) is 8.78. The van der Waals surface area contributed by atoms with Gasteiger partial charge in [0.15, 0.2) is 0 Å². The Kier molecular flexibility index (Phi) is 6.45. The molecule has 1 aliphatic carbocycles. The second-order valence-electron chi connectivity index (χ2n) is 7.71. The van der Waals surface area contributed by atoms with Gasteiger partial charge < -0.3 is 10.6 Å². The normalized spacial score (nSPS) is 14.9. The first-order valence-corrected chi connectivity index (χ1v) is 11.1. The van der Waals surface area contributed by atoms with Gasteiger partial charge in [0.25, 0.3) is 0 Å². The Hall–Kier alpha value is -2.94. The van der Waals surface area contributed by atoms with Crippen LogP contribution < -0.4 is 10.6 Å². The number of nitrogens with one attached hydrogen (secondary N) is 2. The smallest absolute Gasteiger partial charge is 0.308 e. The van der Waals surface area contributed by atoms with Gasteiger partial charge in [-0.1, -0.05) is 37.5 Å². The molecule has 1 aromatic heterocycles. The SMILES string of the molecule is O=C(Nc1ccc(-c2cnc(C3CCCCC3)s2)cc1)Nc1c(F)cccc1C(F)(F)F. The predicted octanol–water partition coefficient (Wildman–Crippen LogP) is 7.66. The van der Waals surface area contributed by atoms with E-state index in [9.17, 15) is 22.4 Å². The first kappa shape index (κ1) is 22.3. The quantitative estimate of drug-likeness (QED) is 0.390. The first-order valence-electron chi connectivity index (χ1n) is 10.3. The number of urea groups is 1. The number of thiazole rings is 1.